The van der Waals surface area contributed by atoms with Gasteiger partial charge in [0.2, 0.25) is 0 Å². The minimum atomic E-state index is 0.0238. The second-order valence-electron chi connectivity index (χ2n) is 5.26. The molecule has 2 heterocycles. The summed E-state index contributed by atoms with van der Waals surface area (Å²) in [5, 5.41) is 2.45. The summed E-state index contributed by atoms with van der Waals surface area (Å²) < 4.78 is 5.62. The van der Waals surface area contributed by atoms with E-state index in [0.717, 1.165) is 18.7 Å². The number of hydrogen-bond acceptors (Lipinski definition) is 4. The predicted molar refractivity (Wildman–Crippen MR) is 90.5 cm³/mol. The highest BCUT2D eigenvalue weighted by atomic mass is 32.1. The highest BCUT2D eigenvalue weighted by Gasteiger charge is 2.24. The predicted octanol–water partition coefficient (Wildman–Crippen LogP) is 4.14. The lowest BCUT2D eigenvalue weighted by Crippen LogP contribution is -2.28. The van der Waals surface area contributed by atoms with Gasteiger partial charge in [-0.25, -0.2) is 4.98 Å². The zero-order valence-corrected chi connectivity index (χ0v) is 13.1. The number of carbonyl (C=O) groups excluding carboxylic acids is 1. The Labute approximate surface area is 138 Å². The van der Waals surface area contributed by atoms with Gasteiger partial charge in [0.1, 0.15) is 5.75 Å². The molecule has 4 nitrogen and oxygen atoms in total. The van der Waals surface area contributed by atoms with Gasteiger partial charge in [0, 0.05) is 29.4 Å². The van der Waals surface area contributed by atoms with Gasteiger partial charge in [-0.2, -0.15) is 0 Å². The number of carbonyl (C=O) groups is 1. The SMILES string of the molecule is O=C(c1ccc(Oc2nccs2)cc1)N1CCc2ccccc21. The van der Waals surface area contributed by atoms with Crippen LogP contribution in [-0.2, 0) is 6.42 Å². The van der Waals surface area contributed by atoms with Gasteiger partial charge in [-0.15, -0.1) is 0 Å². The van der Waals surface area contributed by atoms with Gasteiger partial charge in [-0.05, 0) is 42.3 Å². The molecule has 5 heteroatoms. The first-order chi connectivity index (χ1) is 11.3. The fourth-order valence-corrected chi connectivity index (χ4v) is 3.24. The average molecular weight is 322 g/mol. The number of ether oxygens (including phenoxy) is 1. The van der Waals surface area contributed by atoms with E-state index in [0.29, 0.717) is 16.5 Å². The molecule has 0 fully saturated rings. The van der Waals surface area contributed by atoms with Gasteiger partial charge >= 0.3 is 0 Å². The summed E-state index contributed by atoms with van der Waals surface area (Å²) in [7, 11) is 0. The summed E-state index contributed by atoms with van der Waals surface area (Å²) in [4.78, 5) is 18.6. The monoisotopic (exact) mass is 322 g/mol. The number of benzene rings is 2. The summed E-state index contributed by atoms with van der Waals surface area (Å²) in [6.45, 7) is 0.732. The van der Waals surface area contributed by atoms with E-state index in [1.54, 1.807) is 30.5 Å². The van der Waals surface area contributed by atoms with Crippen LogP contribution in [0.5, 0.6) is 10.9 Å². The van der Waals surface area contributed by atoms with Gasteiger partial charge in [0.25, 0.3) is 11.1 Å². The first-order valence-corrected chi connectivity index (χ1v) is 8.26. The van der Waals surface area contributed by atoms with Crippen molar-refractivity contribution in [1.82, 2.24) is 4.98 Å². The van der Waals surface area contributed by atoms with Crippen LogP contribution >= 0.6 is 11.3 Å². The molecule has 3 aromatic rings. The van der Waals surface area contributed by atoms with Crippen molar-refractivity contribution in [3.63, 3.8) is 0 Å². The van der Waals surface area contributed by atoms with Crippen molar-refractivity contribution in [3.05, 3.63) is 71.2 Å². The molecule has 0 saturated carbocycles. The first-order valence-electron chi connectivity index (χ1n) is 7.38. The third-order valence-corrected chi connectivity index (χ3v) is 4.50. The van der Waals surface area contributed by atoms with Gasteiger partial charge in [-0.1, -0.05) is 29.5 Å². The molecule has 0 unspecified atom stereocenters. The fraction of sp³-hybridized carbons (Fsp3) is 0.111. The number of aromatic nitrogens is 1. The third-order valence-electron chi connectivity index (χ3n) is 3.85. The minimum absolute atomic E-state index is 0.0238. The van der Waals surface area contributed by atoms with E-state index in [9.17, 15) is 4.79 Å². The van der Waals surface area contributed by atoms with Gasteiger partial charge in [-0.3, -0.25) is 4.79 Å². The standard InChI is InChI=1S/C18H14N2O2S/c21-17(20-11-9-13-3-1-2-4-16(13)20)14-5-7-15(8-6-14)22-18-19-10-12-23-18/h1-8,10,12H,9,11H2. The van der Waals surface area contributed by atoms with E-state index < -0.39 is 0 Å². The van der Waals surface area contributed by atoms with Gasteiger partial charge < -0.3 is 9.64 Å². The van der Waals surface area contributed by atoms with Crippen molar-refractivity contribution in [2.24, 2.45) is 0 Å². The number of hydrogen-bond donors (Lipinski definition) is 0. The number of fused-ring (bicyclic) bond motifs is 1. The summed E-state index contributed by atoms with van der Waals surface area (Å²) in [5.74, 6) is 0.703. The molecule has 23 heavy (non-hydrogen) atoms. The zero-order valence-electron chi connectivity index (χ0n) is 12.3. The molecule has 1 aliphatic rings. The number of anilines is 1. The van der Waals surface area contributed by atoms with Crippen LogP contribution < -0.4 is 9.64 Å². The third kappa shape index (κ3) is 2.71. The van der Waals surface area contributed by atoms with Crippen molar-refractivity contribution in [2.75, 3.05) is 11.4 Å². The molecule has 1 amide bonds. The van der Waals surface area contributed by atoms with Crippen molar-refractivity contribution in [1.29, 1.82) is 0 Å². The molecule has 1 aromatic heterocycles. The first kappa shape index (κ1) is 14.0. The second kappa shape index (κ2) is 5.85. The van der Waals surface area contributed by atoms with Crippen LogP contribution in [0.1, 0.15) is 15.9 Å². The Morgan fingerprint density at radius 2 is 1.96 bits per heavy atom. The van der Waals surface area contributed by atoms with E-state index >= 15 is 0 Å². The number of thiazole rings is 1. The van der Waals surface area contributed by atoms with E-state index in [4.69, 9.17) is 4.74 Å². The Morgan fingerprint density at radius 1 is 1.13 bits per heavy atom. The average Bonchev–Trinajstić information content (AvgIpc) is 3.24. The molecular formula is C18H14N2O2S. The molecule has 114 valence electrons. The number of rotatable bonds is 3. The molecule has 0 N–H and O–H groups in total. The molecule has 0 atom stereocenters. The van der Waals surface area contributed by atoms with Crippen LogP contribution in [0.3, 0.4) is 0 Å². The maximum absolute atomic E-state index is 12.7. The molecule has 0 aliphatic carbocycles. The summed E-state index contributed by atoms with van der Waals surface area (Å²) >= 11 is 1.43. The normalized spacial score (nSPS) is 13.0. The summed E-state index contributed by atoms with van der Waals surface area (Å²) in [6.07, 6.45) is 2.61. The lowest BCUT2D eigenvalue weighted by molar-refractivity contribution is 0.0989. The Bertz CT molecular complexity index is 828. The van der Waals surface area contributed by atoms with E-state index in [1.165, 1.54) is 16.9 Å². The molecule has 0 spiro atoms. The topological polar surface area (TPSA) is 42.4 Å². The fourth-order valence-electron chi connectivity index (χ4n) is 2.73. The molecule has 0 bridgehead atoms. The largest absolute Gasteiger partial charge is 0.431 e. The lowest BCUT2D eigenvalue weighted by atomic mass is 10.1. The number of amides is 1. The Balaban J connectivity index is 1.53. The van der Waals surface area contributed by atoms with E-state index in [1.807, 2.05) is 28.5 Å². The maximum atomic E-state index is 12.7. The highest BCUT2D eigenvalue weighted by Crippen LogP contribution is 2.29. The van der Waals surface area contributed by atoms with E-state index in [2.05, 4.69) is 11.1 Å². The Morgan fingerprint density at radius 3 is 2.74 bits per heavy atom. The molecule has 2 aromatic carbocycles. The van der Waals surface area contributed by atoms with Crippen LogP contribution in [0.2, 0.25) is 0 Å². The second-order valence-corrected chi connectivity index (χ2v) is 6.12. The highest BCUT2D eigenvalue weighted by molar-refractivity contribution is 7.11. The minimum Gasteiger partial charge on any atom is -0.431 e. The Hall–Kier alpha value is -2.66. The zero-order chi connectivity index (χ0) is 15.6. The van der Waals surface area contributed by atoms with Crippen molar-refractivity contribution in [3.8, 4) is 10.9 Å². The molecule has 1 aliphatic heterocycles. The van der Waals surface area contributed by atoms with E-state index in [-0.39, 0.29) is 5.91 Å². The van der Waals surface area contributed by atoms with Gasteiger partial charge in [0.05, 0.1) is 0 Å². The molecule has 0 saturated heterocycles. The van der Waals surface area contributed by atoms with Crippen molar-refractivity contribution < 1.29 is 9.53 Å². The lowest BCUT2D eigenvalue weighted by Gasteiger charge is -2.17. The summed E-state index contributed by atoms with van der Waals surface area (Å²) in [5.41, 5.74) is 2.90. The van der Waals surface area contributed by atoms with Crippen molar-refractivity contribution in [2.45, 2.75) is 6.42 Å². The van der Waals surface area contributed by atoms with Crippen LogP contribution in [0.25, 0.3) is 0 Å². The maximum Gasteiger partial charge on any atom is 0.278 e. The summed E-state index contributed by atoms with van der Waals surface area (Å²) in [6, 6.07) is 15.3. The van der Waals surface area contributed by atoms with Crippen LogP contribution in [0.4, 0.5) is 5.69 Å². The van der Waals surface area contributed by atoms with Gasteiger partial charge in [0.15, 0.2) is 0 Å². The quantitative estimate of drug-likeness (QED) is 0.728. The van der Waals surface area contributed by atoms with Crippen LogP contribution in [0.15, 0.2) is 60.1 Å². The molecular weight excluding hydrogens is 308 g/mol. The number of para-hydroxylation sites is 1. The van der Waals surface area contributed by atoms with Crippen LogP contribution in [0, 0.1) is 0 Å². The smallest absolute Gasteiger partial charge is 0.278 e. The Kier molecular flexibility index (Phi) is 3.55. The molecule has 4 rings (SSSR count). The van der Waals surface area contributed by atoms with Crippen molar-refractivity contribution >= 4 is 22.9 Å². The molecule has 0 radical (unpaired) electrons. The van der Waals surface area contributed by atoms with Crippen LogP contribution in [-0.4, -0.2) is 17.4 Å². The number of nitrogens with zero attached hydrogens (tertiary/aromatic N) is 2.